The van der Waals surface area contributed by atoms with Gasteiger partial charge in [0.2, 0.25) is 11.8 Å². The van der Waals surface area contributed by atoms with Gasteiger partial charge in [0.15, 0.2) is 0 Å². The number of anilines is 2. The first-order valence-electron chi connectivity index (χ1n) is 8.87. The van der Waals surface area contributed by atoms with Crippen LogP contribution in [0, 0.1) is 5.92 Å². The summed E-state index contributed by atoms with van der Waals surface area (Å²) in [6.07, 6.45) is 4.26. The summed E-state index contributed by atoms with van der Waals surface area (Å²) in [5.74, 6) is -0.106. The third kappa shape index (κ3) is 2.91. The molecule has 0 bridgehead atoms. The number of piperidine rings is 1. The standard InChI is InChI=1S/C18H22N6O2/c1-13(10-24-12-19-11-20-24)16(25)23-8-6-18(7-9-23)17(26)21-14-4-2-3-5-15(14)22-18/h2-5,11-13,22H,6-10H2,1H3,(H,21,26). The molecule has 1 saturated heterocycles. The van der Waals surface area contributed by atoms with Crippen LogP contribution >= 0.6 is 0 Å². The summed E-state index contributed by atoms with van der Waals surface area (Å²) in [5, 5.41) is 10.5. The van der Waals surface area contributed by atoms with E-state index in [4.69, 9.17) is 0 Å². The highest BCUT2D eigenvalue weighted by atomic mass is 16.2. The predicted molar refractivity (Wildman–Crippen MR) is 96.4 cm³/mol. The van der Waals surface area contributed by atoms with Crippen LogP contribution < -0.4 is 10.6 Å². The van der Waals surface area contributed by atoms with E-state index < -0.39 is 5.54 Å². The van der Waals surface area contributed by atoms with Crippen molar-refractivity contribution in [3.63, 3.8) is 0 Å². The summed E-state index contributed by atoms with van der Waals surface area (Å²) < 4.78 is 1.67. The lowest BCUT2D eigenvalue weighted by atomic mass is 9.84. The average Bonchev–Trinajstić information content (AvgIpc) is 3.16. The molecule has 2 aromatic rings. The van der Waals surface area contributed by atoms with Crippen molar-refractivity contribution in [1.82, 2.24) is 19.7 Å². The van der Waals surface area contributed by atoms with Crippen LogP contribution in [0.25, 0.3) is 0 Å². The SMILES string of the molecule is CC(Cn1cncn1)C(=O)N1CCC2(CC1)Nc1ccccc1NC2=O. The van der Waals surface area contributed by atoms with Crippen LogP contribution in [0.5, 0.6) is 0 Å². The Morgan fingerprint density at radius 2 is 2.00 bits per heavy atom. The van der Waals surface area contributed by atoms with Crippen LogP contribution in [-0.4, -0.2) is 50.1 Å². The lowest BCUT2D eigenvalue weighted by Gasteiger charge is -2.44. The van der Waals surface area contributed by atoms with E-state index in [9.17, 15) is 9.59 Å². The van der Waals surface area contributed by atoms with E-state index in [-0.39, 0.29) is 17.7 Å². The Balaban J connectivity index is 1.41. The van der Waals surface area contributed by atoms with E-state index in [1.54, 1.807) is 11.0 Å². The van der Waals surface area contributed by atoms with E-state index >= 15 is 0 Å². The van der Waals surface area contributed by atoms with Crippen LogP contribution in [0.15, 0.2) is 36.9 Å². The Kier molecular flexibility index (Phi) is 4.10. The number of hydrogen-bond donors (Lipinski definition) is 2. The van der Waals surface area contributed by atoms with Crippen molar-refractivity contribution in [1.29, 1.82) is 0 Å². The molecule has 2 aliphatic rings. The summed E-state index contributed by atoms with van der Waals surface area (Å²) in [5.41, 5.74) is 1.11. The fourth-order valence-corrected chi connectivity index (χ4v) is 3.72. The number of fused-ring (bicyclic) bond motifs is 1. The van der Waals surface area contributed by atoms with Crippen LogP contribution in [0.2, 0.25) is 0 Å². The highest BCUT2D eigenvalue weighted by Gasteiger charge is 2.45. The number of likely N-dealkylation sites (tertiary alicyclic amines) is 1. The van der Waals surface area contributed by atoms with Gasteiger partial charge < -0.3 is 15.5 Å². The molecule has 1 atom stereocenters. The second-order valence-corrected chi connectivity index (χ2v) is 7.05. The summed E-state index contributed by atoms with van der Waals surface area (Å²) in [7, 11) is 0. The number of hydrogen-bond acceptors (Lipinski definition) is 5. The fourth-order valence-electron chi connectivity index (χ4n) is 3.72. The molecule has 2 amide bonds. The predicted octanol–water partition coefficient (Wildman–Crippen LogP) is 1.34. The highest BCUT2D eigenvalue weighted by Crippen LogP contribution is 2.36. The van der Waals surface area contributed by atoms with Crippen LogP contribution in [0.3, 0.4) is 0 Å². The van der Waals surface area contributed by atoms with Gasteiger partial charge >= 0.3 is 0 Å². The first-order chi connectivity index (χ1) is 12.6. The molecule has 1 aromatic heterocycles. The maximum Gasteiger partial charge on any atom is 0.250 e. The monoisotopic (exact) mass is 354 g/mol. The van der Waals surface area contributed by atoms with Gasteiger partial charge in [0.1, 0.15) is 18.2 Å². The molecule has 0 aliphatic carbocycles. The third-order valence-electron chi connectivity index (χ3n) is 5.26. The Labute approximate surface area is 151 Å². The molecule has 0 saturated carbocycles. The number of amides is 2. The zero-order chi connectivity index (χ0) is 18.1. The molecule has 4 rings (SSSR count). The molecule has 1 fully saturated rings. The van der Waals surface area contributed by atoms with Gasteiger partial charge in [0, 0.05) is 13.1 Å². The normalized spacial score (nSPS) is 19.4. The van der Waals surface area contributed by atoms with Crippen molar-refractivity contribution in [2.24, 2.45) is 5.92 Å². The summed E-state index contributed by atoms with van der Waals surface area (Å²) >= 11 is 0. The van der Waals surface area contributed by atoms with Crippen molar-refractivity contribution in [2.45, 2.75) is 31.8 Å². The van der Waals surface area contributed by atoms with Gasteiger partial charge in [-0.1, -0.05) is 19.1 Å². The molecule has 3 heterocycles. The van der Waals surface area contributed by atoms with Crippen molar-refractivity contribution >= 4 is 23.2 Å². The van der Waals surface area contributed by atoms with Crippen molar-refractivity contribution in [3.05, 3.63) is 36.9 Å². The topological polar surface area (TPSA) is 92.2 Å². The molecule has 8 heteroatoms. The molecule has 1 spiro atoms. The summed E-state index contributed by atoms with van der Waals surface area (Å²) in [6.45, 7) is 3.52. The largest absolute Gasteiger partial charge is 0.369 e. The summed E-state index contributed by atoms with van der Waals surface area (Å²) in [4.78, 5) is 31.1. The Hall–Kier alpha value is -2.90. The quantitative estimate of drug-likeness (QED) is 0.868. The molecule has 1 unspecified atom stereocenters. The van der Waals surface area contributed by atoms with Crippen molar-refractivity contribution in [2.75, 3.05) is 23.7 Å². The van der Waals surface area contributed by atoms with Gasteiger partial charge in [-0.05, 0) is 25.0 Å². The lowest BCUT2D eigenvalue weighted by molar-refractivity contribution is -0.138. The number of nitrogens with zero attached hydrogens (tertiary/aromatic N) is 4. The second-order valence-electron chi connectivity index (χ2n) is 7.05. The molecule has 1 aromatic carbocycles. The molecule has 8 nitrogen and oxygen atoms in total. The second kappa shape index (κ2) is 6.44. The molecular weight excluding hydrogens is 332 g/mol. The number of aromatic nitrogens is 3. The van der Waals surface area contributed by atoms with Crippen LogP contribution in [0.1, 0.15) is 19.8 Å². The first kappa shape index (κ1) is 16.6. The maximum atomic E-state index is 12.7. The Morgan fingerprint density at radius 1 is 1.27 bits per heavy atom. The van der Waals surface area contributed by atoms with Crippen molar-refractivity contribution in [3.8, 4) is 0 Å². The fraction of sp³-hybridized carbons (Fsp3) is 0.444. The minimum atomic E-state index is -0.639. The van der Waals surface area contributed by atoms with Gasteiger partial charge in [-0.2, -0.15) is 5.10 Å². The van der Waals surface area contributed by atoms with Gasteiger partial charge in [-0.15, -0.1) is 0 Å². The molecule has 0 radical (unpaired) electrons. The van der Waals surface area contributed by atoms with E-state index in [0.29, 0.717) is 32.5 Å². The van der Waals surface area contributed by atoms with Crippen LogP contribution in [0.4, 0.5) is 11.4 Å². The number of rotatable bonds is 3. The highest BCUT2D eigenvalue weighted by molar-refractivity contribution is 6.06. The van der Waals surface area contributed by atoms with E-state index in [1.807, 2.05) is 36.1 Å². The minimum Gasteiger partial charge on any atom is -0.369 e. The Bertz CT molecular complexity index is 811. The molecule has 136 valence electrons. The number of carbonyl (C=O) groups is 2. The van der Waals surface area contributed by atoms with Crippen LogP contribution in [-0.2, 0) is 16.1 Å². The molecule has 26 heavy (non-hydrogen) atoms. The zero-order valence-electron chi connectivity index (χ0n) is 14.7. The maximum absolute atomic E-state index is 12.7. The van der Waals surface area contributed by atoms with E-state index in [0.717, 1.165) is 11.4 Å². The Morgan fingerprint density at radius 3 is 2.69 bits per heavy atom. The number of nitrogens with one attached hydrogen (secondary N) is 2. The molecule has 2 aliphatic heterocycles. The third-order valence-corrected chi connectivity index (χ3v) is 5.26. The van der Waals surface area contributed by atoms with Gasteiger partial charge in [0.05, 0.1) is 23.8 Å². The van der Waals surface area contributed by atoms with Gasteiger partial charge in [0.25, 0.3) is 0 Å². The van der Waals surface area contributed by atoms with E-state index in [1.165, 1.54) is 6.33 Å². The zero-order valence-corrected chi connectivity index (χ0v) is 14.7. The van der Waals surface area contributed by atoms with Crippen molar-refractivity contribution < 1.29 is 9.59 Å². The summed E-state index contributed by atoms with van der Waals surface area (Å²) in [6, 6.07) is 7.70. The van der Waals surface area contributed by atoms with E-state index in [2.05, 4.69) is 20.7 Å². The van der Waals surface area contributed by atoms with Gasteiger partial charge in [-0.3, -0.25) is 14.3 Å². The lowest BCUT2D eigenvalue weighted by Crippen LogP contribution is -2.59. The van der Waals surface area contributed by atoms with Gasteiger partial charge in [-0.25, -0.2) is 4.98 Å². The molecule has 2 N–H and O–H groups in total. The number of carbonyl (C=O) groups excluding carboxylic acids is 2. The number of para-hydroxylation sites is 2. The average molecular weight is 354 g/mol. The number of benzene rings is 1. The molecular formula is C18H22N6O2. The first-order valence-corrected chi connectivity index (χ1v) is 8.87. The minimum absolute atomic E-state index is 0.0148. The smallest absolute Gasteiger partial charge is 0.250 e.